The van der Waals surface area contributed by atoms with Crippen LogP contribution in [-0.4, -0.2) is 36.6 Å². The maximum Gasteiger partial charge on any atom is 0.309 e. The van der Waals surface area contributed by atoms with E-state index < -0.39 is 11.8 Å². The van der Waals surface area contributed by atoms with Crippen LogP contribution < -0.4 is 10.6 Å². The number of ether oxygens (including phenoxy) is 1. The molecule has 1 rings (SSSR count). The summed E-state index contributed by atoms with van der Waals surface area (Å²) in [5, 5.41) is 5.08. The van der Waals surface area contributed by atoms with Crippen LogP contribution in [0, 0.1) is 0 Å². The Morgan fingerprint density at radius 3 is 2.62 bits per heavy atom. The minimum Gasteiger partial charge on any atom is -0.381 e. The number of nitrogens with zero attached hydrogens (tertiary/aromatic N) is 1. The van der Waals surface area contributed by atoms with Gasteiger partial charge in [0.2, 0.25) is 0 Å². The fraction of sp³-hybridized carbons (Fsp3) is 0.533. The standard InChI is InChI=1S/C15H23N3O3/c1-2-3-10-21-11-6-9-17-14(19)15(20)18-12-13-7-4-5-8-16-13/h4-5,7-8H,2-3,6,9-12H2,1H3,(H,17,19)(H,18,20). The molecule has 0 aromatic carbocycles. The van der Waals surface area contributed by atoms with Crippen LogP contribution >= 0.6 is 0 Å². The Kier molecular flexibility index (Phi) is 8.79. The molecule has 116 valence electrons. The second-order valence-electron chi connectivity index (χ2n) is 4.58. The molecule has 2 N–H and O–H groups in total. The summed E-state index contributed by atoms with van der Waals surface area (Å²) in [7, 11) is 0. The van der Waals surface area contributed by atoms with E-state index in [-0.39, 0.29) is 6.54 Å². The van der Waals surface area contributed by atoms with Gasteiger partial charge < -0.3 is 15.4 Å². The molecule has 0 spiro atoms. The lowest BCUT2D eigenvalue weighted by atomic mass is 10.3. The fourth-order valence-corrected chi connectivity index (χ4v) is 1.56. The number of hydrogen-bond acceptors (Lipinski definition) is 4. The van der Waals surface area contributed by atoms with Crippen LogP contribution in [0.25, 0.3) is 0 Å². The van der Waals surface area contributed by atoms with Gasteiger partial charge in [0, 0.05) is 26.0 Å². The fourth-order valence-electron chi connectivity index (χ4n) is 1.56. The van der Waals surface area contributed by atoms with Gasteiger partial charge in [-0.3, -0.25) is 14.6 Å². The van der Waals surface area contributed by atoms with E-state index in [1.807, 2.05) is 6.07 Å². The molecular weight excluding hydrogens is 270 g/mol. The summed E-state index contributed by atoms with van der Waals surface area (Å²) in [5.41, 5.74) is 0.711. The highest BCUT2D eigenvalue weighted by Crippen LogP contribution is 1.92. The lowest BCUT2D eigenvalue weighted by Gasteiger charge is -2.06. The summed E-state index contributed by atoms with van der Waals surface area (Å²) in [4.78, 5) is 27.1. The van der Waals surface area contributed by atoms with Crippen LogP contribution in [0.5, 0.6) is 0 Å². The first kappa shape index (κ1) is 17.1. The predicted octanol–water partition coefficient (Wildman–Crippen LogP) is 1.02. The number of pyridine rings is 1. The zero-order chi connectivity index (χ0) is 15.3. The number of aromatic nitrogens is 1. The van der Waals surface area contributed by atoms with Crippen LogP contribution in [0.15, 0.2) is 24.4 Å². The van der Waals surface area contributed by atoms with Gasteiger partial charge in [-0.25, -0.2) is 0 Å². The molecule has 6 nitrogen and oxygen atoms in total. The van der Waals surface area contributed by atoms with Gasteiger partial charge in [-0.1, -0.05) is 19.4 Å². The smallest absolute Gasteiger partial charge is 0.309 e. The molecule has 0 saturated carbocycles. The normalized spacial score (nSPS) is 10.1. The molecule has 1 heterocycles. The summed E-state index contributed by atoms with van der Waals surface area (Å²) in [6.07, 6.45) is 4.48. The molecule has 0 atom stereocenters. The van der Waals surface area contributed by atoms with E-state index in [2.05, 4.69) is 22.5 Å². The Morgan fingerprint density at radius 1 is 1.14 bits per heavy atom. The summed E-state index contributed by atoms with van der Waals surface area (Å²) in [5.74, 6) is -1.27. The van der Waals surface area contributed by atoms with Gasteiger partial charge in [-0.05, 0) is 25.0 Å². The highest BCUT2D eigenvalue weighted by atomic mass is 16.5. The van der Waals surface area contributed by atoms with Gasteiger partial charge in [0.15, 0.2) is 0 Å². The topological polar surface area (TPSA) is 80.3 Å². The zero-order valence-corrected chi connectivity index (χ0v) is 12.4. The quantitative estimate of drug-likeness (QED) is 0.526. The largest absolute Gasteiger partial charge is 0.381 e. The first-order valence-corrected chi connectivity index (χ1v) is 7.27. The van der Waals surface area contributed by atoms with E-state index in [4.69, 9.17) is 4.74 Å². The third kappa shape index (κ3) is 8.04. The van der Waals surface area contributed by atoms with Crippen molar-refractivity contribution in [3.8, 4) is 0 Å². The van der Waals surface area contributed by atoms with Crippen LogP contribution in [0.3, 0.4) is 0 Å². The molecule has 6 heteroatoms. The van der Waals surface area contributed by atoms with Crippen molar-refractivity contribution in [2.75, 3.05) is 19.8 Å². The molecule has 0 radical (unpaired) electrons. The molecule has 0 unspecified atom stereocenters. The Balaban J connectivity index is 2.07. The average molecular weight is 293 g/mol. The van der Waals surface area contributed by atoms with Crippen molar-refractivity contribution in [3.63, 3.8) is 0 Å². The van der Waals surface area contributed by atoms with Crippen molar-refractivity contribution in [1.29, 1.82) is 0 Å². The Labute approximate surface area is 125 Å². The summed E-state index contributed by atoms with van der Waals surface area (Å²) in [6.45, 7) is 4.12. The maximum absolute atomic E-state index is 11.5. The molecule has 21 heavy (non-hydrogen) atoms. The number of amides is 2. The average Bonchev–Trinajstić information content (AvgIpc) is 2.52. The molecule has 1 aromatic rings. The van der Waals surface area contributed by atoms with Gasteiger partial charge >= 0.3 is 11.8 Å². The molecule has 0 fully saturated rings. The van der Waals surface area contributed by atoms with Crippen LogP contribution in [-0.2, 0) is 20.9 Å². The van der Waals surface area contributed by atoms with Gasteiger partial charge in [0.05, 0.1) is 12.2 Å². The molecular formula is C15H23N3O3. The third-order valence-corrected chi connectivity index (χ3v) is 2.76. The SMILES string of the molecule is CCCCOCCCNC(=O)C(=O)NCc1ccccn1. The number of carbonyl (C=O) groups excluding carboxylic acids is 2. The predicted molar refractivity (Wildman–Crippen MR) is 79.4 cm³/mol. The molecule has 0 saturated heterocycles. The Morgan fingerprint density at radius 2 is 1.90 bits per heavy atom. The van der Waals surface area contributed by atoms with E-state index in [1.165, 1.54) is 0 Å². The van der Waals surface area contributed by atoms with Crippen molar-refractivity contribution >= 4 is 11.8 Å². The van der Waals surface area contributed by atoms with E-state index in [9.17, 15) is 9.59 Å². The van der Waals surface area contributed by atoms with Gasteiger partial charge in [-0.2, -0.15) is 0 Å². The number of rotatable bonds is 9. The van der Waals surface area contributed by atoms with E-state index in [0.29, 0.717) is 25.3 Å². The van der Waals surface area contributed by atoms with E-state index in [1.54, 1.807) is 18.3 Å². The first-order chi connectivity index (χ1) is 10.2. The number of carbonyl (C=O) groups is 2. The molecule has 2 amide bonds. The van der Waals surface area contributed by atoms with E-state index in [0.717, 1.165) is 19.4 Å². The van der Waals surface area contributed by atoms with Crippen LogP contribution in [0.1, 0.15) is 31.9 Å². The van der Waals surface area contributed by atoms with Crippen molar-refractivity contribution in [2.45, 2.75) is 32.7 Å². The monoisotopic (exact) mass is 293 g/mol. The molecule has 0 bridgehead atoms. The third-order valence-electron chi connectivity index (χ3n) is 2.76. The highest BCUT2D eigenvalue weighted by Gasteiger charge is 2.12. The van der Waals surface area contributed by atoms with Gasteiger partial charge in [0.1, 0.15) is 0 Å². The van der Waals surface area contributed by atoms with Crippen molar-refractivity contribution < 1.29 is 14.3 Å². The Hall–Kier alpha value is -1.95. The summed E-state index contributed by atoms with van der Waals surface area (Å²) < 4.78 is 5.36. The highest BCUT2D eigenvalue weighted by molar-refractivity contribution is 6.35. The summed E-state index contributed by atoms with van der Waals surface area (Å²) >= 11 is 0. The minimum atomic E-state index is -0.646. The van der Waals surface area contributed by atoms with Gasteiger partial charge in [0.25, 0.3) is 0 Å². The zero-order valence-electron chi connectivity index (χ0n) is 12.4. The Bertz CT molecular complexity index is 423. The first-order valence-electron chi connectivity index (χ1n) is 7.27. The lowest BCUT2D eigenvalue weighted by molar-refractivity contribution is -0.139. The van der Waals surface area contributed by atoms with E-state index >= 15 is 0 Å². The maximum atomic E-state index is 11.5. The van der Waals surface area contributed by atoms with Crippen LogP contribution in [0.4, 0.5) is 0 Å². The lowest BCUT2D eigenvalue weighted by Crippen LogP contribution is -2.40. The van der Waals surface area contributed by atoms with Crippen molar-refractivity contribution in [2.24, 2.45) is 0 Å². The number of nitrogens with one attached hydrogen (secondary N) is 2. The van der Waals surface area contributed by atoms with Gasteiger partial charge in [-0.15, -0.1) is 0 Å². The molecule has 0 aliphatic rings. The molecule has 1 aromatic heterocycles. The van der Waals surface area contributed by atoms with Crippen molar-refractivity contribution in [3.05, 3.63) is 30.1 Å². The second kappa shape index (κ2) is 10.8. The number of unbranched alkanes of at least 4 members (excludes halogenated alkanes) is 1. The van der Waals surface area contributed by atoms with Crippen LogP contribution in [0.2, 0.25) is 0 Å². The summed E-state index contributed by atoms with van der Waals surface area (Å²) in [6, 6.07) is 5.40. The van der Waals surface area contributed by atoms with Crippen molar-refractivity contribution in [1.82, 2.24) is 15.6 Å². The molecule has 0 aliphatic heterocycles. The second-order valence-corrected chi connectivity index (χ2v) is 4.58. The molecule has 0 aliphatic carbocycles. The minimum absolute atomic E-state index is 0.243. The number of hydrogen-bond donors (Lipinski definition) is 2.